The van der Waals surface area contributed by atoms with Gasteiger partial charge >= 0.3 is 0 Å². The second-order valence-electron chi connectivity index (χ2n) is 13.4. The van der Waals surface area contributed by atoms with Crippen LogP contribution in [0.3, 0.4) is 0 Å². The van der Waals surface area contributed by atoms with Gasteiger partial charge in [0.15, 0.2) is 0 Å². The van der Waals surface area contributed by atoms with E-state index in [-0.39, 0.29) is 0 Å². The molecule has 0 heteroatoms. The van der Waals surface area contributed by atoms with E-state index < -0.39 is 0 Å². The van der Waals surface area contributed by atoms with Crippen LogP contribution in [0.4, 0.5) is 0 Å². The highest BCUT2D eigenvalue weighted by atomic mass is 14.3. The van der Waals surface area contributed by atoms with E-state index in [1.807, 2.05) is 0 Å². The van der Waals surface area contributed by atoms with Gasteiger partial charge in [0.2, 0.25) is 0 Å². The Bertz CT molecular complexity index is 2740. The van der Waals surface area contributed by atoms with E-state index in [4.69, 9.17) is 0 Å². The Labute approximate surface area is 262 Å². The Balaban J connectivity index is 1.62. The average Bonchev–Trinajstić information content (AvgIpc) is 3.09. The average molecular weight is 575 g/mol. The Hall–Kier alpha value is -4.94. The van der Waals surface area contributed by atoms with Crippen LogP contribution in [0.5, 0.6) is 0 Å². The number of hydrogen-bond donors (Lipinski definition) is 0. The predicted octanol–water partition coefficient (Wildman–Crippen LogP) is 13.0. The van der Waals surface area contributed by atoms with Gasteiger partial charge in [-0.2, -0.15) is 0 Å². The van der Waals surface area contributed by atoms with Gasteiger partial charge < -0.3 is 0 Å². The molecular weight excluding hydrogens is 540 g/mol. The zero-order valence-corrected chi connectivity index (χ0v) is 25.9. The monoisotopic (exact) mass is 574 g/mol. The van der Waals surface area contributed by atoms with Crippen molar-refractivity contribution in [2.75, 3.05) is 0 Å². The zero-order valence-electron chi connectivity index (χ0n) is 25.9. The fourth-order valence-electron chi connectivity index (χ4n) is 9.02. The van der Waals surface area contributed by atoms with Crippen LogP contribution in [0.15, 0.2) is 103 Å². The van der Waals surface area contributed by atoms with Gasteiger partial charge in [0.05, 0.1) is 0 Å². The first kappa shape index (κ1) is 25.4. The van der Waals surface area contributed by atoms with E-state index in [0.29, 0.717) is 0 Å². The first-order valence-electron chi connectivity index (χ1n) is 16.7. The molecule has 1 aliphatic carbocycles. The molecule has 1 aliphatic rings. The summed E-state index contributed by atoms with van der Waals surface area (Å²) in [7, 11) is 0. The van der Waals surface area contributed by atoms with Gasteiger partial charge in [0.1, 0.15) is 0 Å². The van der Waals surface area contributed by atoms with Gasteiger partial charge in [0.25, 0.3) is 0 Å². The first-order chi connectivity index (χ1) is 22.2. The van der Waals surface area contributed by atoms with Gasteiger partial charge in [-0.15, -0.1) is 0 Å². The van der Waals surface area contributed by atoms with Crippen LogP contribution in [-0.2, 0) is 12.8 Å². The van der Waals surface area contributed by atoms with Crippen molar-refractivity contribution in [2.24, 2.45) is 0 Å². The summed E-state index contributed by atoms with van der Waals surface area (Å²) in [4.78, 5) is 0. The maximum absolute atomic E-state index is 2.58. The van der Waals surface area contributed by atoms with E-state index in [2.05, 4.69) is 123 Å². The highest BCUT2D eigenvalue weighted by Gasteiger charge is 2.25. The molecule has 0 aromatic heterocycles. The number of aryl methyl sites for hydroxylation is 3. The molecule has 0 saturated carbocycles. The molecule has 0 radical (unpaired) electrons. The number of fused-ring (bicyclic) bond motifs is 16. The normalized spacial score (nSPS) is 13.6. The van der Waals surface area contributed by atoms with Crippen molar-refractivity contribution in [1.82, 2.24) is 0 Å². The summed E-state index contributed by atoms with van der Waals surface area (Å²) in [5, 5.41) is 22.5. The van der Waals surface area contributed by atoms with Crippen LogP contribution in [0.1, 0.15) is 48.4 Å². The number of unbranched alkanes of at least 4 members (excludes halogenated alkanes) is 1. The van der Waals surface area contributed by atoms with Crippen molar-refractivity contribution in [3.8, 4) is 0 Å². The van der Waals surface area contributed by atoms with E-state index in [0.717, 1.165) is 19.3 Å². The van der Waals surface area contributed by atoms with Crippen LogP contribution in [-0.4, -0.2) is 0 Å². The maximum atomic E-state index is 2.58. The lowest BCUT2D eigenvalue weighted by Crippen LogP contribution is -2.01. The van der Waals surface area contributed by atoms with Crippen LogP contribution < -0.4 is 0 Å². The molecule has 0 nitrogen and oxygen atoms in total. The van der Waals surface area contributed by atoms with Gasteiger partial charge in [0, 0.05) is 0 Å². The van der Waals surface area contributed by atoms with Crippen molar-refractivity contribution < 1.29 is 0 Å². The minimum Gasteiger partial charge on any atom is -0.0836 e. The molecule has 0 heterocycles. The standard InChI is InChI=1S/C45H34/c1-3-4-13-27-24-38-42-34-20-11-7-16-30(34)28-14-5-9-18-32(28)40(42)36-22-26(2)23-37-41-33-19-10-6-15-29(33)31-17-8-12-21-35(31)43(41)39(25-27)45(38)44(36)37/h5-9,11-12,14-18,20-25H,3-4,10,13,19H2,1-2H3. The van der Waals surface area contributed by atoms with Crippen LogP contribution in [0.2, 0.25) is 0 Å². The third-order valence-electron chi connectivity index (χ3n) is 10.8. The predicted molar refractivity (Wildman–Crippen MR) is 198 cm³/mol. The zero-order chi connectivity index (χ0) is 29.8. The summed E-state index contributed by atoms with van der Waals surface area (Å²) in [6, 6.07) is 37.5. The fraction of sp³-hybridized carbons (Fsp3) is 0.156. The molecule has 10 rings (SSSR count). The minimum atomic E-state index is 1.09. The molecule has 0 atom stereocenters. The molecule has 0 saturated heterocycles. The second kappa shape index (κ2) is 9.29. The molecule has 9 aromatic carbocycles. The van der Waals surface area contributed by atoms with Gasteiger partial charge in [-0.05, 0) is 141 Å². The molecular formula is C45H34. The molecule has 45 heavy (non-hydrogen) atoms. The first-order valence-corrected chi connectivity index (χ1v) is 16.7. The Morgan fingerprint density at radius 3 is 1.58 bits per heavy atom. The summed E-state index contributed by atoms with van der Waals surface area (Å²) in [5.41, 5.74) is 5.74. The molecule has 0 spiro atoms. The lowest BCUT2D eigenvalue weighted by Gasteiger charge is -2.25. The van der Waals surface area contributed by atoms with Crippen LogP contribution >= 0.6 is 0 Å². The highest BCUT2D eigenvalue weighted by molar-refractivity contribution is 6.47. The van der Waals surface area contributed by atoms with Gasteiger partial charge in [-0.25, -0.2) is 0 Å². The van der Waals surface area contributed by atoms with E-state index in [1.165, 1.54) is 121 Å². The van der Waals surface area contributed by atoms with Gasteiger partial charge in [-0.1, -0.05) is 123 Å². The molecule has 0 unspecified atom stereocenters. The molecule has 0 bridgehead atoms. The lowest BCUT2D eigenvalue weighted by molar-refractivity contribution is 0.796. The summed E-state index contributed by atoms with van der Waals surface area (Å²) in [5.74, 6) is 0. The number of hydrogen-bond acceptors (Lipinski definition) is 0. The Morgan fingerprint density at radius 2 is 0.978 bits per heavy atom. The summed E-state index contributed by atoms with van der Waals surface area (Å²) < 4.78 is 0. The van der Waals surface area contributed by atoms with Gasteiger partial charge in [-0.3, -0.25) is 0 Å². The minimum absolute atomic E-state index is 1.09. The van der Waals surface area contributed by atoms with E-state index in [9.17, 15) is 0 Å². The second-order valence-corrected chi connectivity index (χ2v) is 13.4. The quantitative estimate of drug-likeness (QED) is 0.145. The SMILES string of the molecule is CCCCc1cc2c3c4ccccc4c4c(c3c3cc(C)cc5c6c7ccccc7c7ccccc7c6c(c1)c2c35)CCC=C4. The molecule has 0 aliphatic heterocycles. The third kappa shape index (κ3) is 3.32. The molecule has 214 valence electrons. The van der Waals surface area contributed by atoms with Crippen molar-refractivity contribution in [1.29, 1.82) is 0 Å². The van der Waals surface area contributed by atoms with E-state index in [1.54, 1.807) is 0 Å². The number of rotatable bonds is 3. The smallest absolute Gasteiger partial charge is 0.00132 e. The Kier molecular flexibility index (Phi) is 5.24. The topological polar surface area (TPSA) is 0 Å². The van der Waals surface area contributed by atoms with Crippen LogP contribution in [0.25, 0.3) is 92.3 Å². The molecule has 0 amide bonds. The highest BCUT2D eigenvalue weighted by Crippen LogP contribution is 2.52. The molecule has 0 fully saturated rings. The summed E-state index contributed by atoms with van der Waals surface area (Å²) in [6.45, 7) is 4.61. The lowest BCUT2D eigenvalue weighted by atomic mass is 9.78. The Morgan fingerprint density at radius 1 is 0.511 bits per heavy atom. The molecule has 0 N–H and O–H groups in total. The largest absolute Gasteiger partial charge is 0.0836 e. The van der Waals surface area contributed by atoms with Crippen LogP contribution in [0, 0.1) is 6.92 Å². The number of allylic oxidation sites excluding steroid dienone is 1. The van der Waals surface area contributed by atoms with Crippen molar-refractivity contribution in [2.45, 2.75) is 46.0 Å². The molecule has 9 aromatic rings. The summed E-state index contributed by atoms with van der Waals surface area (Å²) in [6.07, 6.45) is 10.5. The number of benzene rings is 9. The van der Waals surface area contributed by atoms with Crippen molar-refractivity contribution in [3.63, 3.8) is 0 Å². The van der Waals surface area contributed by atoms with Crippen molar-refractivity contribution in [3.05, 3.63) is 125 Å². The summed E-state index contributed by atoms with van der Waals surface area (Å²) >= 11 is 0. The maximum Gasteiger partial charge on any atom is -0.00132 e. The van der Waals surface area contributed by atoms with E-state index >= 15 is 0 Å². The third-order valence-corrected chi connectivity index (χ3v) is 10.8. The van der Waals surface area contributed by atoms with Crippen molar-refractivity contribution >= 4 is 92.3 Å². The fourth-order valence-corrected chi connectivity index (χ4v) is 9.02.